The highest BCUT2D eigenvalue weighted by atomic mass is 32.1. The van der Waals surface area contributed by atoms with Gasteiger partial charge in [0.25, 0.3) is 5.91 Å². The van der Waals surface area contributed by atoms with Gasteiger partial charge in [-0.1, -0.05) is 6.07 Å². The molecule has 3 heterocycles. The summed E-state index contributed by atoms with van der Waals surface area (Å²) in [6.45, 7) is 2.43. The predicted octanol–water partition coefficient (Wildman–Crippen LogP) is 1.61. The van der Waals surface area contributed by atoms with E-state index in [4.69, 9.17) is 0 Å². The molecule has 1 fully saturated rings. The highest BCUT2D eigenvalue weighted by Crippen LogP contribution is 2.13. The molecule has 1 aliphatic heterocycles. The fourth-order valence-corrected chi connectivity index (χ4v) is 3.34. The lowest BCUT2D eigenvalue weighted by Gasteiger charge is -2.34. The second-order valence-corrected chi connectivity index (χ2v) is 6.53. The van der Waals surface area contributed by atoms with Gasteiger partial charge in [-0.2, -0.15) is 0 Å². The topological polar surface area (TPSA) is 45.6 Å². The SMILES string of the molecule is Cn1ccc(C(=O)N2CCN(C(=O)Cc3cccs3)CC2)c1. The van der Waals surface area contributed by atoms with Gasteiger partial charge in [-0.05, 0) is 17.5 Å². The third-order valence-electron chi connectivity index (χ3n) is 3.90. The van der Waals surface area contributed by atoms with Gasteiger partial charge in [0, 0.05) is 50.5 Å². The molecule has 0 atom stereocenters. The van der Waals surface area contributed by atoms with Crippen LogP contribution in [0, 0.1) is 0 Å². The molecule has 2 aromatic rings. The smallest absolute Gasteiger partial charge is 0.255 e. The summed E-state index contributed by atoms with van der Waals surface area (Å²) in [7, 11) is 1.90. The van der Waals surface area contributed by atoms with Crippen LogP contribution >= 0.6 is 11.3 Å². The van der Waals surface area contributed by atoms with E-state index in [1.54, 1.807) is 11.3 Å². The third-order valence-corrected chi connectivity index (χ3v) is 4.78. The number of hydrogen-bond donors (Lipinski definition) is 0. The van der Waals surface area contributed by atoms with Gasteiger partial charge < -0.3 is 14.4 Å². The average Bonchev–Trinajstić information content (AvgIpc) is 3.18. The summed E-state index contributed by atoms with van der Waals surface area (Å²) in [5, 5.41) is 1.99. The van der Waals surface area contributed by atoms with Crippen molar-refractivity contribution < 1.29 is 9.59 Å². The van der Waals surface area contributed by atoms with Crippen LogP contribution in [0.4, 0.5) is 0 Å². The molecule has 0 aromatic carbocycles. The van der Waals surface area contributed by atoms with E-state index in [2.05, 4.69) is 0 Å². The van der Waals surface area contributed by atoms with Crippen LogP contribution in [0.5, 0.6) is 0 Å². The first-order valence-electron chi connectivity index (χ1n) is 7.35. The molecule has 0 bridgehead atoms. The van der Waals surface area contributed by atoms with Gasteiger partial charge in [0.1, 0.15) is 0 Å². The van der Waals surface area contributed by atoms with Crippen LogP contribution in [0.2, 0.25) is 0 Å². The van der Waals surface area contributed by atoms with Gasteiger partial charge in [-0.25, -0.2) is 0 Å². The van der Waals surface area contributed by atoms with E-state index in [9.17, 15) is 9.59 Å². The Morgan fingerprint density at radius 1 is 1.14 bits per heavy atom. The minimum absolute atomic E-state index is 0.0472. The summed E-state index contributed by atoms with van der Waals surface area (Å²) in [4.78, 5) is 29.4. The average molecular weight is 317 g/mol. The quantitative estimate of drug-likeness (QED) is 0.863. The summed E-state index contributed by atoms with van der Waals surface area (Å²) >= 11 is 1.61. The first-order valence-corrected chi connectivity index (χ1v) is 8.23. The van der Waals surface area contributed by atoms with Gasteiger partial charge in [-0.15, -0.1) is 11.3 Å². The number of piperazine rings is 1. The summed E-state index contributed by atoms with van der Waals surface area (Å²) in [6, 6.07) is 5.78. The van der Waals surface area contributed by atoms with Crippen LogP contribution in [0.25, 0.3) is 0 Å². The maximum Gasteiger partial charge on any atom is 0.255 e. The van der Waals surface area contributed by atoms with Crippen molar-refractivity contribution in [1.29, 1.82) is 0 Å². The van der Waals surface area contributed by atoms with Crippen molar-refractivity contribution in [2.24, 2.45) is 7.05 Å². The molecule has 0 aliphatic carbocycles. The first-order chi connectivity index (χ1) is 10.6. The van der Waals surface area contributed by atoms with Crippen LogP contribution in [-0.4, -0.2) is 52.4 Å². The van der Waals surface area contributed by atoms with E-state index in [-0.39, 0.29) is 11.8 Å². The lowest BCUT2D eigenvalue weighted by atomic mass is 10.2. The van der Waals surface area contributed by atoms with Crippen molar-refractivity contribution in [3.8, 4) is 0 Å². The molecule has 6 heteroatoms. The Kier molecular flexibility index (Phi) is 4.29. The van der Waals surface area contributed by atoms with Gasteiger partial charge in [0.15, 0.2) is 0 Å². The Hall–Kier alpha value is -2.08. The van der Waals surface area contributed by atoms with Crippen LogP contribution in [0.15, 0.2) is 36.0 Å². The monoisotopic (exact) mass is 317 g/mol. The van der Waals surface area contributed by atoms with E-state index in [0.717, 1.165) is 4.88 Å². The Labute approximate surface area is 133 Å². The minimum Gasteiger partial charge on any atom is -0.356 e. The standard InChI is InChI=1S/C16H19N3O2S/c1-17-5-4-13(12-17)16(21)19-8-6-18(7-9-19)15(20)11-14-3-2-10-22-14/h2-5,10,12H,6-9,11H2,1H3. The van der Waals surface area contributed by atoms with Crippen molar-refractivity contribution in [2.45, 2.75) is 6.42 Å². The van der Waals surface area contributed by atoms with E-state index < -0.39 is 0 Å². The van der Waals surface area contributed by atoms with E-state index in [1.165, 1.54) is 0 Å². The van der Waals surface area contributed by atoms with Crippen molar-refractivity contribution in [2.75, 3.05) is 26.2 Å². The van der Waals surface area contributed by atoms with Crippen molar-refractivity contribution in [3.05, 3.63) is 46.4 Å². The number of aryl methyl sites for hydroxylation is 1. The molecule has 22 heavy (non-hydrogen) atoms. The second kappa shape index (κ2) is 6.36. The number of hydrogen-bond acceptors (Lipinski definition) is 3. The summed E-state index contributed by atoms with van der Waals surface area (Å²) in [5.41, 5.74) is 0.709. The number of amides is 2. The van der Waals surface area contributed by atoms with E-state index >= 15 is 0 Å². The zero-order valence-corrected chi connectivity index (χ0v) is 13.4. The Morgan fingerprint density at radius 2 is 1.86 bits per heavy atom. The van der Waals surface area contributed by atoms with E-state index in [0.29, 0.717) is 38.2 Å². The molecule has 5 nitrogen and oxygen atoms in total. The van der Waals surface area contributed by atoms with Crippen molar-refractivity contribution in [3.63, 3.8) is 0 Å². The molecule has 1 saturated heterocycles. The Morgan fingerprint density at radius 3 is 2.45 bits per heavy atom. The molecular formula is C16H19N3O2S. The van der Waals surface area contributed by atoms with Gasteiger partial charge in [0.2, 0.25) is 5.91 Å². The third kappa shape index (κ3) is 3.22. The normalized spacial score (nSPS) is 15.1. The maximum absolute atomic E-state index is 12.4. The highest BCUT2D eigenvalue weighted by molar-refractivity contribution is 7.10. The fraction of sp³-hybridized carbons (Fsp3) is 0.375. The predicted molar refractivity (Wildman–Crippen MR) is 85.9 cm³/mol. The van der Waals surface area contributed by atoms with Crippen LogP contribution in [0.3, 0.4) is 0 Å². The number of rotatable bonds is 3. The molecule has 1 aliphatic rings. The summed E-state index contributed by atoms with van der Waals surface area (Å²) in [6.07, 6.45) is 4.16. The fourth-order valence-electron chi connectivity index (χ4n) is 2.65. The minimum atomic E-state index is 0.0472. The maximum atomic E-state index is 12.4. The molecule has 116 valence electrons. The van der Waals surface area contributed by atoms with E-state index in [1.807, 2.05) is 57.4 Å². The molecule has 0 unspecified atom stereocenters. The number of aromatic nitrogens is 1. The highest BCUT2D eigenvalue weighted by Gasteiger charge is 2.25. The number of carbonyl (C=O) groups is 2. The van der Waals surface area contributed by atoms with Crippen LogP contribution < -0.4 is 0 Å². The second-order valence-electron chi connectivity index (χ2n) is 5.49. The number of carbonyl (C=O) groups excluding carboxylic acids is 2. The Balaban J connectivity index is 1.54. The lowest BCUT2D eigenvalue weighted by molar-refractivity contribution is -0.131. The largest absolute Gasteiger partial charge is 0.356 e. The molecule has 0 radical (unpaired) electrons. The van der Waals surface area contributed by atoms with Gasteiger partial charge in [-0.3, -0.25) is 9.59 Å². The molecule has 0 saturated carbocycles. The molecule has 2 amide bonds. The number of thiophene rings is 1. The lowest BCUT2D eigenvalue weighted by Crippen LogP contribution is -2.50. The zero-order chi connectivity index (χ0) is 15.5. The van der Waals surface area contributed by atoms with Crippen molar-refractivity contribution >= 4 is 23.2 Å². The molecule has 3 rings (SSSR count). The summed E-state index contributed by atoms with van der Waals surface area (Å²) < 4.78 is 1.87. The first kappa shape index (κ1) is 14.8. The Bertz CT molecular complexity index is 655. The van der Waals surface area contributed by atoms with Gasteiger partial charge in [0.05, 0.1) is 12.0 Å². The van der Waals surface area contributed by atoms with Crippen LogP contribution in [0.1, 0.15) is 15.2 Å². The zero-order valence-electron chi connectivity index (χ0n) is 12.6. The number of nitrogens with zero attached hydrogens (tertiary/aromatic N) is 3. The van der Waals surface area contributed by atoms with Gasteiger partial charge >= 0.3 is 0 Å². The molecule has 0 spiro atoms. The van der Waals surface area contributed by atoms with Crippen LogP contribution in [-0.2, 0) is 18.3 Å². The van der Waals surface area contributed by atoms with Crippen molar-refractivity contribution in [1.82, 2.24) is 14.4 Å². The molecule has 2 aromatic heterocycles. The molecule has 0 N–H and O–H groups in total. The molecular weight excluding hydrogens is 298 g/mol. The summed E-state index contributed by atoms with van der Waals surface area (Å²) in [5.74, 6) is 0.195.